The molecule has 3 heterocycles. The van der Waals surface area contributed by atoms with Gasteiger partial charge in [-0.25, -0.2) is 4.79 Å². The summed E-state index contributed by atoms with van der Waals surface area (Å²) in [6.45, 7) is 10.9. The predicted octanol–water partition coefficient (Wildman–Crippen LogP) is 4.29. The minimum absolute atomic E-state index is 0.0215. The van der Waals surface area contributed by atoms with E-state index < -0.39 is 102 Å². The van der Waals surface area contributed by atoms with Gasteiger partial charge in [0.15, 0.2) is 12.6 Å². The van der Waals surface area contributed by atoms with Crippen LogP contribution in [0.1, 0.15) is 103 Å². The zero-order valence-corrected chi connectivity index (χ0v) is 35.0. The van der Waals surface area contributed by atoms with Gasteiger partial charge in [0.2, 0.25) is 0 Å². The maximum Gasteiger partial charge on any atom is 0.338 e. The van der Waals surface area contributed by atoms with E-state index in [1.807, 2.05) is 19.9 Å². The second kappa shape index (κ2) is 15.4. The highest BCUT2D eigenvalue weighted by Gasteiger charge is 2.91. The van der Waals surface area contributed by atoms with Crippen molar-refractivity contribution in [2.45, 2.75) is 178 Å². The number of ketones is 1. The summed E-state index contributed by atoms with van der Waals surface area (Å²) in [5, 5.41) is 21.4. The fraction of sp³-hybridized carbons (Fsp3) is 0.795. The first-order valence-corrected chi connectivity index (χ1v) is 21.2. The summed E-state index contributed by atoms with van der Waals surface area (Å²) in [6.07, 6.45) is -3.22. The maximum absolute atomic E-state index is 14.0. The molecule has 0 amide bonds. The van der Waals surface area contributed by atoms with Crippen LogP contribution in [-0.4, -0.2) is 127 Å². The first-order chi connectivity index (χ1) is 27.5. The van der Waals surface area contributed by atoms with Gasteiger partial charge in [-0.2, -0.15) is 0 Å². The lowest BCUT2D eigenvalue weighted by Crippen LogP contribution is -2.70. The molecule has 2 N–H and O–H groups in total. The molecule has 4 aliphatic carbocycles. The Morgan fingerprint density at radius 1 is 0.793 bits per heavy atom. The Bertz CT molecular complexity index is 1710. The van der Waals surface area contributed by atoms with Crippen molar-refractivity contribution in [2.24, 2.45) is 28.6 Å². The van der Waals surface area contributed by atoms with Crippen LogP contribution in [0.4, 0.5) is 0 Å². The fourth-order valence-electron chi connectivity index (χ4n) is 13.1. The molecule has 4 saturated carbocycles. The van der Waals surface area contributed by atoms with Crippen molar-refractivity contribution in [2.75, 3.05) is 14.2 Å². The Hall–Kier alpha value is -2.53. The van der Waals surface area contributed by atoms with Gasteiger partial charge in [0.05, 0.1) is 30.0 Å². The molecule has 8 rings (SSSR count). The van der Waals surface area contributed by atoms with E-state index in [4.69, 9.17) is 42.6 Å². The Labute approximate surface area is 340 Å². The molecule has 2 spiro atoms. The molecule has 1 aromatic rings. The van der Waals surface area contributed by atoms with Gasteiger partial charge >= 0.3 is 11.9 Å². The number of ether oxygens (including phenoxy) is 9. The van der Waals surface area contributed by atoms with Crippen LogP contribution in [0.2, 0.25) is 0 Å². The molecule has 7 aliphatic rings. The molecule has 0 aromatic heterocycles. The Kier molecular flexibility index (Phi) is 11.2. The Balaban J connectivity index is 1.02. The number of aliphatic hydroxyl groups is 2. The molecule has 0 radical (unpaired) electrons. The van der Waals surface area contributed by atoms with Crippen LogP contribution in [0.5, 0.6) is 0 Å². The minimum atomic E-state index is -1.22. The molecule has 7 fully saturated rings. The van der Waals surface area contributed by atoms with Crippen molar-refractivity contribution in [1.82, 2.24) is 0 Å². The fourth-order valence-corrected chi connectivity index (χ4v) is 13.1. The third-order valence-corrected chi connectivity index (χ3v) is 15.8. The summed E-state index contributed by atoms with van der Waals surface area (Å²) < 4.78 is 56.6. The van der Waals surface area contributed by atoms with E-state index in [-0.39, 0.29) is 29.1 Å². The van der Waals surface area contributed by atoms with Crippen molar-refractivity contribution in [3.8, 4) is 0 Å². The third kappa shape index (κ3) is 6.42. The lowest BCUT2D eigenvalue weighted by molar-refractivity contribution is -0.343. The SMILES string of the molecule is CO[C@H]1[C@@H](O)[C@H](O[C@@H]2[C@@H](C)O[C@H](O[C@H]3CC[C@]4(C)C5[C@H](OC(=O)c6ccccc6)[C@@H](OC(C)=O)[C@]6(C)[C@H](C(C)=O)CC[C@@]67O[C@@]57CC[C@H]4C3)C[C@H]2OC)O[C@H](C)[C@H]1O. The van der Waals surface area contributed by atoms with Crippen molar-refractivity contribution in [3.63, 3.8) is 0 Å². The molecule has 1 unspecified atom stereocenters. The van der Waals surface area contributed by atoms with Gasteiger partial charge in [0.25, 0.3) is 0 Å². The first-order valence-electron chi connectivity index (χ1n) is 21.2. The Morgan fingerprint density at radius 2 is 1.53 bits per heavy atom. The van der Waals surface area contributed by atoms with Crippen LogP contribution in [0.15, 0.2) is 30.3 Å². The first kappa shape index (κ1) is 42.2. The minimum Gasteiger partial charge on any atom is -0.458 e. The number of esters is 2. The molecule has 58 heavy (non-hydrogen) atoms. The van der Waals surface area contributed by atoms with Crippen molar-refractivity contribution >= 4 is 17.7 Å². The van der Waals surface area contributed by atoms with Gasteiger partial charge in [-0.15, -0.1) is 0 Å². The van der Waals surface area contributed by atoms with Crippen LogP contribution in [0, 0.1) is 28.6 Å². The lowest BCUT2D eigenvalue weighted by Gasteiger charge is -2.61. The van der Waals surface area contributed by atoms with Crippen molar-refractivity contribution in [3.05, 3.63) is 35.9 Å². The van der Waals surface area contributed by atoms with Crippen LogP contribution in [0.25, 0.3) is 0 Å². The molecule has 19 atom stereocenters. The van der Waals surface area contributed by atoms with E-state index >= 15 is 0 Å². The summed E-state index contributed by atoms with van der Waals surface area (Å²) in [5.74, 6) is -1.51. The van der Waals surface area contributed by atoms with Crippen LogP contribution >= 0.6 is 0 Å². The number of epoxide rings is 1. The number of benzene rings is 1. The zero-order valence-electron chi connectivity index (χ0n) is 35.0. The number of methoxy groups -OCH3 is 2. The number of rotatable bonds is 10. The monoisotopic (exact) mass is 814 g/mol. The second-order valence-electron chi connectivity index (χ2n) is 18.6. The van der Waals surface area contributed by atoms with E-state index in [9.17, 15) is 24.6 Å². The van der Waals surface area contributed by atoms with Crippen LogP contribution in [0.3, 0.4) is 0 Å². The van der Waals surface area contributed by atoms with Gasteiger partial charge in [-0.05, 0) is 89.2 Å². The van der Waals surface area contributed by atoms with Crippen LogP contribution in [-0.2, 0) is 52.2 Å². The number of hydrogen-bond acceptors (Lipinski definition) is 14. The number of Topliss-reactive ketones (excluding diaryl/α,β-unsaturated/α-hetero) is 1. The predicted molar refractivity (Wildman–Crippen MR) is 204 cm³/mol. The summed E-state index contributed by atoms with van der Waals surface area (Å²) in [5.41, 5.74) is -2.18. The summed E-state index contributed by atoms with van der Waals surface area (Å²) >= 11 is 0. The standard InChI is InChI=1S/C44H62O14/c1-22(45)29-16-19-44-42(29,6)38(54-25(4)46)36(56-39(49)26-12-10-9-11-13-26)37-41(5)17-15-28(20-27(41)14-18-43(37,44)58-44)55-31-21-30(50-7)34(24(3)52-31)57-40-33(48)35(51-8)32(47)23(2)53-40/h9-13,23-24,27-38,40,47-48H,14-21H2,1-8H3/t23-,24-,27+,28+,29+,30-,31-,32-,33-,34-,35-,36+,37?,38-,40+,41+,42+,43+,44-/m1/s1. The van der Waals surface area contributed by atoms with E-state index in [0.717, 1.165) is 25.7 Å². The van der Waals surface area contributed by atoms with Gasteiger partial charge in [-0.3, -0.25) is 9.59 Å². The van der Waals surface area contributed by atoms with Crippen molar-refractivity contribution < 1.29 is 67.2 Å². The third-order valence-electron chi connectivity index (χ3n) is 15.8. The molecular formula is C44H62O14. The van der Waals surface area contributed by atoms with E-state index in [1.165, 1.54) is 14.0 Å². The number of aliphatic hydroxyl groups excluding tert-OH is 2. The maximum atomic E-state index is 14.0. The largest absolute Gasteiger partial charge is 0.458 e. The lowest BCUT2D eigenvalue weighted by atomic mass is 9.43. The molecule has 3 aliphatic heterocycles. The van der Waals surface area contributed by atoms with Gasteiger partial charge < -0.3 is 52.8 Å². The smallest absolute Gasteiger partial charge is 0.338 e. The van der Waals surface area contributed by atoms with Gasteiger partial charge in [0.1, 0.15) is 53.6 Å². The quantitative estimate of drug-likeness (QED) is 0.194. The van der Waals surface area contributed by atoms with Crippen molar-refractivity contribution in [1.29, 1.82) is 0 Å². The normalized spacial score (nSPS) is 49.4. The number of fused-ring (bicyclic) bond motifs is 2. The second-order valence-corrected chi connectivity index (χ2v) is 18.6. The van der Waals surface area contributed by atoms with Gasteiger partial charge in [-0.1, -0.05) is 32.0 Å². The molecule has 1 aromatic carbocycles. The number of hydrogen-bond donors (Lipinski definition) is 2. The number of carbonyl (C=O) groups excluding carboxylic acids is 3. The molecule has 3 saturated heterocycles. The molecule has 14 nitrogen and oxygen atoms in total. The van der Waals surface area contributed by atoms with E-state index in [1.54, 1.807) is 45.2 Å². The average molecular weight is 815 g/mol. The van der Waals surface area contributed by atoms with E-state index in [2.05, 4.69) is 6.92 Å². The van der Waals surface area contributed by atoms with E-state index in [0.29, 0.717) is 31.2 Å². The zero-order chi connectivity index (χ0) is 41.5. The molecule has 14 heteroatoms. The summed E-state index contributed by atoms with van der Waals surface area (Å²) in [4.78, 5) is 40.3. The molecule has 322 valence electrons. The summed E-state index contributed by atoms with van der Waals surface area (Å²) in [7, 11) is 3.04. The van der Waals surface area contributed by atoms with Crippen LogP contribution < -0.4 is 0 Å². The number of carbonyl (C=O) groups is 3. The Morgan fingerprint density at radius 3 is 2.21 bits per heavy atom. The highest BCUT2D eigenvalue weighted by atomic mass is 16.7. The topological polar surface area (TPSA) is 178 Å². The highest BCUT2D eigenvalue weighted by molar-refractivity contribution is 5.89. The average Bonchev–Trinajstić information content (AvgIpc) is 3.74. The molecule has 0 bridgehead atoms. The summed E-state index contributed by atoms with van der Waals surface area (Å²) in [6, 6.07) is 8.86. The van der Waals surface area contributed by atoms with Gasteiger partial charge in [0, 0.05) is 44.8 Å². The molecular weight excluding hydrogens is 752 g/mol. The highest BCUT2D eigenvalue weighted by Crippen LogP contribution is 2.81.